The van der Waals surface area contributed by atoms with Gasteiger partial charge in [0, 0.05) is 33.9 Å². The van der Waals surface area contributed by atoms with Crippen LogP contribution in [-0.4, -0.2) is 76.1 Å². The van der Waals surface area contributed by atoms with Crippen LogP contribution >= 0.6 is 0 Å². The third kappa shape index (κ3) is 8.60. The fourth-order valence-corrected chi connectivity index (χ4v) is 1.18. The van der Waals surface area contributed by atoms with Crippen molar-refractivity contribution < 1.29 is 19.4 Å². The molecule has 6 nitrogen and oxygen atoms in total. The number of ether oxygens (including phenoxy) is 2. The normalized spacial score (nSPS) is 10.8. The van der Waals surface area contributed by atoms with Gasteiger partial charge in [0.1, 0.15) is 0 Å². The van der Waals surface area contributed by atoms with Crippen LogP contribution in [0.5, 0.6) is 0 Å². The molecular formula is C10H22N2O4. The molecule has 0 fully saturated rings. The predicted octanol–water partition coefficient (Wildman–Crippen LogP) is -1.31. The molecule has 0 aromatic heterocycles. The second-order valence-electron chi connectivity index (χ2n) is 3.34. The number of amides is 1. The summed E-state index contributed by atoms with van der Waals surface area (Å²) >= 11 is 0. The lowest BCUT2D eigenvalue weighted by atomic mass is 10.4. The molecule has 16 heavy (non-hydrogen) atoms. The Morgan fingerprint density at radius 1 is 1.25 bits per heavy atom. The minimum Gasteiger partial charge on any atom is -0.395 e. The lowest BCUT2D eigenvalue weighted by Gasteiger charge is -2.20. The van der Waals surface area contributed by atoms with Gasteiger partial charge in [-0.25, -0.2) is 0 Å². The zero-order chi connectivity index (χ0) is 12.2. The van der Waals surface area contributed by atoms with Crippen LogP contribution in [0.15, 0.2) is 0 Å². The van der Waals surface area contributed by atoms with Gasteiger partial charge in [-0.1, -0.05) is 0 Å². The monoisotopic (exact) mass is 234 g/mol. The molecule has 96 valence electrons. The number of hydrogen-bond donors (Lipinski definition) is 2. The van der Waals surface area contributed by atoms with Crippen molar-refractivity contribution in [1.82, 2.24) is 10.2 Å². The fourth-order valence-electron chi connectivity index (χ4n) is 1.18. The second kappa shape index (κ2) is 10.8. The number of carbonyl (C=O) groups excluding carboxylic acids is 1. The molecule has 6 heteroatoms. The maximum absolute atomic E-state index is 11.4. The first-order valence-electron chi connectivity index (χ1n) is 5.32. The Labute approximate surface area is 96.5 Å². The van der Waals surface area contributed by atoms with Crippen LogP contribution < -0.4 is 5.32 Å². The van der Waals surface area contributed by atoms with E-state index >= 15 is 0 Å². The smallest absolute Gasteiger partial charge is 0.234 e. The molecule has 0 saturated heterocycles. The van der Waals surface area contributed by atoms with Gasteiger partial charge in [0.25, 0.3) is 0 Å². The number of carbonyl (C=O) groups is 1. The third-order valence-corrected chi connectivity index (χ3v) is 2.02. The van der Waals surface area contributed by atoms with Crippen LogP contribution in [0.3, 0.4) is 0 Å². The lowest BCUT2D eigenvalue weighted by Crippen LogP contribution is -2.41. The van der Waals surface area contributed by atoms with E-state index in [0.717, 1.165) is 0 Å². The van der Waals surface area contributed by atoms with Crippen molar-refractivity contribution in [3.8, 4) is 0 Å². The molecule has 0 heterocycles. The van der Waals surface area contributed by atoms with Gasteiger partial charge in [0.15, 0.2) is 0 Å². The molecule has 2 N–H and O–H groups in total. The number of nitrogens with one attached hydrogen (secondary N) is 1. The number of methoxy groups -OCH3 is 2. The number of nitrogens with zero attached hydrogens (tertiary/aromatic N) is 1. The van der Waals surface area contributed by atoms with Crippen LogP contribution in [0.2, 0.25) is 0 Å². The van der Waals surface area contributed by atoms with Crippen LogP contribution in [-0.2, 0) is 14.3 Å². The van der Waals surface area contributed by atoms with E-state index in [2.05, 4.69) is 5.32 Å². The first-order chi connectivity index (χ1) is 7.74. The Balaban J connectivity index is 3.73. The highest BCUT2D eigenvalue weighted by Gasteiger charge is 2.09. The van der Waals surface area contributed by atoms with Crippen molar-refractivity contribution in [2.45, 2.75) is 0 Å². The summed E-state index contributed by atoms with van der Waals surface area (Å²) in [6.45, 7) is 2.97. The molecule has 0 aromatic rings. The van der Waals surface area contributed by atoms with Crippen LogP contribution in [0.1, 0.15) is 0 Å². The summed E-state index contributed by atoms with van der Waals surface area (Å²) in [4.78, 5) is 13.3. The minimum absolute atomic E-state index is 0.0368. The van der Waals surface area contributed by atoms with Crippen molar-refractivity contribution in [1.29, 1.82) is 0 Å². The molecule has 0 aromatic carbocycles. The molecular weight excluding hydrogens is 212 g/mol. The SMILES string of the molecule is COCCNC(=O)CN(CCO)CCOC. The summed E-state index contributed by atoms with van der Waals surface area (Å²) in [5.41, 5.74) is 0. The summed E-state index contributed by atoms with van der Waals surface area (Å²) in [6, 6.07) is 0. The standard InChI is InChI=1S/C10H22N2O4/c1-15-7-3-11-10(14)9-12(4-6-13)5-8-16-2/h13H,3-9H2,1-2H3,(H,11,14). The summed E-state index contributed by atoms with van der Waals surface area (Å²) in [7, 11) is 3.19. The van der Waals surface area contributed by atoms with Crippen molar-refractivity contribution in [3.05, 3.63) is 0 Å². The Bertz CT molecular complexity index is 178. The minimum atomic E-state index is -0.0680. The van der Waals surface area contributed by atoms with Crippen LogP contribution in [0.25, 0.3) is 0 Å². The topological polar surface area (TPSA) is 71.0 Å². The van der Waals surface area contributed by atoms with E-state index in [1.54, 1.807) is 14.2 Å². The summed E-state index contributed by atoms with van der Waals surface area (Å²) in [6.07, 6.45) is 0. The van der Waals surface area contributed by atoms with Gasteiger partial charge in [-0.2, -0.15) is 0 Å². The van der Waals surface area contributed by atoms with E-state index in [1.807, 2.05) is 4.90 Å². The van der Waals surface area contributed by atoms with E-state index in [4.69, 9.17) is 14.6 Å². The first kappa shape index (κ1) is 15.3. The number of rotatable bonds is 10. The van der Waals surface area contributed by atoms with Gasteiger partial charge in [0.2, 0.25) is 5.91 Å². The summed E-state index contributed by atoms with van der Waals surface area (Å²) in [5, 5.41) is 11.5. The van der Waals surface area contributed by atoms with Crippen molar-refractivity contribution in [3.63, 3.8) is 0 Å². The largest absolute Gasteiger partial charge is 0.395 e. The molecule has 0 unspecified atom stereocenters. The number of hydrogen-bond acceptors (Lipinski definition) is 5. The molecule has 0 spiro atoms. The maximum Gasteiger partial charge on any atom is 0.234 e. The summed E-state index contributed by atoms with van der Waals surface area (Å²) < 4.78 is 9.75. The zero-order valence-corrected chi connectivity index (χ0v) is 10.1. The van der Waals surface area contributed by atoms with E-state index in [9.17, 15) is 4.79 Å². The highest BCUT2D eigenvalue weighted by atomic mass is 16.5. The predicted molar refractivity (Wildman–Crippen MR) is 60.3 cm³/mol. The quantitative estimate of drug-likeness (QED) is 0.459. The van der Waals surface area contributed by atoms with Gasteiger partial charge in [0.05, 0.1) is 26.4 Å². The molecule has 0 aliphatic heterocycles. The third-order valence-electron chi connectivity index (χ3n) is 2.02. The highest BCUT2D eigenvalue weighted by Crippen LogP contribution is 1.87. The van der Waals surface area contributed by atoms with E-state index in [0.29, 0.717) is 32.8 Å². The molecule has 0 aliphatic carbocycles. The lowest BCUT2D eigenvalue weighted by molar-refractivity contribution is -0.122. The summed E-state index contributed by atoms with van der Waals surface area (Å²) in [5.74, 6) is -0.0680. The van der Waals surface area contributed by atoms with Crippen LogP contribution in [0.4, 0.5) is 0 Å². The van der Waals surface area contributed by atoms with Gasteiger partial charge in [-0.3, -0.25) is 9.69 Å². The molecule has 0 aliphatic rings. The molecule has 0 rings (SSSR count). The van der Waals surface area contributed by atoms with Gasteiger partial charge in [-0.05, 0) is 0 Å². The molecule has 0 radical (unpaired) electrons. The number of aliphatic hydroxyl groups excluding tert-OH is 1. The number of aliphatic hydroxyl groups is 1. The Morgan fingerprint density at radius 2 is 1.94 bits per heavy atom. The first-order valence-corrected chi connectivity index (χ1v) is 5.32. The van der Waals surface area contributed by atoms with Crippen molar-refractivity contribution in [2.75, 3.05) is 60.2 Å². The highest BCUT2D eigenvalue weighted by molar-refractivity contribution is 5.77. The molecule has 0 saturated carbocycles. The Kier molecular flexibility index (Phi) is 10.3. The van der Waals surface area contributed by atoms with E-state index < -0.39 is 0 Å². The fraction of sp³-hybridized carbons (Fsp3) is 0.900. The molecule has 1 amide bonds. The van der Waals surface area contributed by atoms with Crippen molar-refractivity contribution in [2.24, 2.45) is 0 Å². The Hall–Kier alpha value is -0.690. The van der Waals surface area contributed by atoms with Gasteiger partial charge in [-0.15, -0.1) is 0 Å². The average Bonchev–Trinajstić information content (AvgIpc) is 2.26. The van der Waals surface area contributed by atoms with E-state index in [-0.39, 0.29) is 19.1 Å². The van der Waals surface area contributed by atoms with Gasteiger partial charge < -0.3 is 19.9 Å². The molecule has 0 bridgehead atoms. The molecule has 0 atom stereocenters. The maximum atomic E-state index is 11.4. The zero-order valence-electron chi connectivity index (χ0n) is 10.1. The van der Waals surface area contributed by atoms with Crippen molar-refractivity contribution >= 4 is 5.91 Å². The van der Waals surface area contributed by atoms with Crippen LogP contribution in [0, 0.1) is 0 Å². The average molecular weight is 234 g/mol. The van der Waals surface area contributed by atoms with E-state index in [1.165, 1.54) is 0 Å². The Morgan fingerprint density at radius 3 is 2.50 bits per heavy atom. The van der Waals surface area contributed by atoms with Gasteiger partial charge >= 0.3 is 0 Å². The second-order valence-corrected chi connectivity index (χ2v) is 3.34.